The van der Waals surface area contributed by atoms with Crippen LogP contribution in [0.25, 0.3) is 0 Å². The Hall–Kier alpha value is -3.09. The highest BCUT2D eigenvalue weighted by Gasteiger charge is 2.17. The summed E-state index contributed by atoms with van der Waals surface area (Å²) in [7, 11) is 1.52. The summed E-state index contributed by atoms with van der Waals surface area (Å²) >= 11 is 0. The summed E-state index contributed by atoms with van der Waals surface area (Å²) in [5.41, 5.74) is 0.712. The molecule has 0 spiro atoms. The van der Waals surface area contributed by atoms with Gasteiger partial charge in [0.25, 0.3) is 5.91 Å². The highest BCUT2D eigenvalue weighted by Crippen LogP contribution is 2.29. The lowest BCUT2D eigenvalue weighted by molar-refractivity contribution is -0.116. The van der Waals surface area contributed by atoms with Crippen molar-refractivity contribution in [1.29, 1.82) is 0 Å². The minimum absolute atomic E-state index is 0.174. The predicted molar refractivity (Wildman–Crippen MR) is 101 cm³/mol. The van der Waals surface area contributed by atoms with E-state index >= 15 is 0 Å². The number of halogens is 1. The van der Waals surface area contributed by atoms with E-state index in [-0.39, 0.29) is 12.5 Å². The van der Waals surface area contributed by atoms with Gasteiger partial charge in [-0.05, 0) is 50.2 Å². The van der Waals surface area contributed by atoms with Crippen LogP contribution in [0.1, 0.15) is 24.2 Å². The molecule has 0 bridgehead atoms. The molecule has 0 radical (unpaired) electrons. The molecule has 1 N–H and O–H groups in total. The standard InChI is InChI=1S/C20H23FN2O4/c1-4-26-17-10-9-14(11-18(17)27-5-2)20(25)23(3)13-19(24)22-16-8-6-7-15(21)12-16/h6-12H,4-5,13H2,1-3H3,(H,22,24). The van der Waals surface area contributed by atoms with E-state index in [2.05, 4.69) is 5.32 Å². The SMILES string of the molecule is CCOc1ccc(C(=O)N(C)CC(=O)Nc2cccc(F)c2)cc1OCC. The monoisotopic (exact) mass is 374 g/mol. The van der Waals surface area contributed by atoms with Gasteiger partial charge in [0.2, 0.25) is 5.91 Å². The van der Waals surface area contributed by atoms with Crippen molar-refractivity contribution in [2.24, 2.45) is 0 Å². The number of nitrogens with one attached hydrogen (secondary N) is 1. The molecule has 2 aromatic rings. The van der Waals surface area contributed by atoms with Crippen LogP contribution in [0.2, 0.25) is 0 Å². The van der Waals surface area contributed by atoms with Gasteiger partial charge < -0.3 is 19.7 Å². The molecule has 0 saturated heterocycles. The zero-order chi connectivity index (χ0) is 19.8. The summed E-state index contributed by atoms with van der Waals surface area (Å²) in [6.07, 6.45) is 0. The molecular formula is C20H23FN2O4. The number of amides is 2. The number of benzene rings is 2. The van der Waals surface area contributed by atoms with Gasteiger partial charge in [-0.3, -0.25) is 9.59 Å². The second-order valence-electron chi connectivity index (χ2n) is 5.75. The Morgan fingerprint density at radius 2 is 1.74 bits per heavy atom. The molecule has 0 saturated carbocycles. The molecule has 144 valence electrons. The van der Waals surface area contributed by atoms with Crippen molar-refractivity contribution >= 4 is 17.5 Å². The Kier molecular flexibility index (Phi) is 7.16. The third-order valence-corrected chi connectivity index (χ3v) is 3.63. The van der Waals surface area contributed by atoms with Crippen LogP contribution in [0.4, 0.5) is 10.1 Å². The fraction of sp³-hybridized carbons (Fsp3) is 0.300. The van der Waals surface area contributed by atoms with E-state index in [1.54, 1.807) is 24.3 Å². The molecule has 2 aromatic carbocycles. The maximum absolute atomic E-state index is 13.2. The minimum Gasteiger partial charge on any atom is -0.490 e. The van der Waals surface area contributed by atoms with Gasteiger partial charge in [0.15, 0.2) is 11.5 Å². The van der Waals surface area contributed by atoms with E-state index in [1.165, 1.54) is 30.1 Å². The Morgan fingerprint density at radius 3 is 2.41 bits per heavy atom. The van der Waals surface area contributed by atoms with Gasteiger partial charge in [-0.15, -0.1) is 0 Å². The smallest absolute Gasteiger partial charge is 0.254 e. The average Bonchev–Trinajstić information content (AvgIpc) is 2.62. The Bertz CT molecular complexity index is 810. The van der Waals surface area contributed by atoms with Gasteiger partial charge >= 0.3 is 0 Å². The predicted octanol–water partition coefficient (Wildman–Crippen LogP) is 3.33. The maximum atomic E-state index is 13.2. The van der Waals surface area contributed by atoms with E-state index in [0.717, 1.165) is 0 Å². The summed E-state index contributed by atoms with van der Waals surface area (Å²) in [6, 6.07) is 10.4. The molecule has 0 fully saturated rings. The van der Waals surface area contributed by atoms with Gasteiger partial charge in [-0.1, -0.05) is 6.07 Å². The van der Waals surface area contributed by atoms with E-state index in [9.17, 15) is 14.0 Å². The lowest BCUT2D eigenvalue weighted by atomic mass is 10.1. The number of nitrogens with zero attached hydrogens (tertiary/aromatic N) is 1. The summed E-state index contributed by atoms with van der Waals surface area (Å²) < 4.78 is 24.2. The van der Waals surface area contributed by atoms with Gasteiger partial charge in [-0.25, -0.2) is 4.39 Å². The van der Waals surface area contributed by atoms with Crippen molar-refractivity contribution in [1.82, 2.24) is 4.90 Å². The lowest BCUT2D eigenvalue weighted by Gasteiger charge is -2.18. The highest BCUT2D eigenvalue weighted by molar-refractivity contribution is 5.99. The molecular weight excluding hydrogens is 351 g/mol. The third-order valence-electron chi connectivity index (χ3n) is 3.63. The highest BCUT2D eigenvalue weighted by atomic mass is 19.1. The molecule has 0 unspecified atom stereocenters. The fourth-order valence-corrected chi connectivity index (χ4v) is 2.46. The quantitative estimate of drug-likeness (QED) is 0.770. The van der Waals surface area contributed by atoms with Crippen LogP contribution in [-0.2, 0) is 4.79 Å². The molecule has 0 aliphatic heterocycles. The fourth-order valence-electron chi connectivity index (χ4n) is 2.46. The Balaban J connectivity index is 2.05. The molecule has 0 heterocycles. The van der Waals surface area contributed by atoms with Crippen LogP contribution in [-0.4, -0.2) is 43.5 Å². The number of likely N-dealkylation sites (N-methyl/N-ethyl adjacent to an activating group) is 1. The zero-order valence-electron chi connectivity index (χ0n) is 15.6. The molecule has 7 heteroatoms. The van der Waals surface area contributed by atoms with E-state index in [4.69, 9.17) is 9.47 Å². The van der Waals surface area contributed by atoms with Crippen LogP contribution < -0.4 is 14.8 Å². The molecule has 0 aliphatic rings. The molecule has 27 heavy (non-hydrogen) atoms. The molecule has 2 rings (SSSR count). The topological polar surface area (TPSA) is 67.9 Å². The molecule has 0 atom stereocenters. The zero-order valence-corrected chi connectivity index (χ0v) is 15.6. The first-order chi connectivity index (χ1) is 12.9. The number of hydrogen-bond donors (Lipinski definition) is 1. The van der Waals surface area contributed by atoms with Crippen molar-refractivity contribution < 1.29 is 23.5 Å². The van der Waals surface area contributed by atoms with E-state index in [0.29, 0.717) is 36.0 Å². The number of rotatable bonds is 8. The molecule has 0 aromatic heterocycles. The van der Waals surface area contributed by atoms with Crippen LogP contribution in [0.5, 0.6) is 11.5 Å². The molecule has 6 nitrogen and oxygen atoms in total. The van der Waals surface area contributed by atoms with Gasteiger partial charge in [0.1, 0.15) is 5.82 Å². The Labute approximate surface area is 157 Å². The number of hydrogen-bond acceptors (Lipinski definition) is 4. The Morgan fingerprint density at radius 1 is 1.04 bits per heavy atom. The van der Waals surface area contributed by atoms with Gasteiger partial charge in [-0.2, -0.15) is 0 Å². The van der Waals surface area contributed by atoms with Crippen LogP contribution in [0.15, 0.2) is 42.5 Å². The maximum Gasteiger partial charge on any atom is 0.254 e. The number of ether oxygens (including phenoxy) is 2. The summed E-state index contributed by atoms with van der Waals surface area (Å²) in [6.45, 7) is 4.44. The average molecular weight is 374 g/mol. The number of carbonyl (C=O) groups is 2. The van der Waals surface area contributed by atoms with Crippen molar-refractivity contribution in [3.8, 4) is 11.5 Å². The number of anilines is 1. The minimum atomic E-state index is -0.449. The first-order valence-electron chi connectivity index (χ1n) is 8.65. The van der Waals surface area contributed by atoms with E-state index < -0.39 is 11.7 Å². The largest absolute Gasteiger partial charge is 0.490 e. The second kappa shape index (κ2) is 9.56. The summed E-state index contributed by atoms with van der Waals surface area (Å²) in [4.78, 5) is 26.0. The third kappa shape index (κ3) is 5.70. The van der Waals surface area contributed by atoms with Gasteiger partial charge in [0, 0.05) is 18.3 Å². The normalized spacial score (nSPS) is 10.2. The lowest BCUT2D eigenvalue weighted by Crippen LogP contribution is -2.35. The van der Waals surface area contributed by atoms with E-state index in [1.807, 2.05) is 13.8 Å². The van der Waals surface area contributed by atoms with Crippen molar-refractivity contribution in [3.63, 3.8) is 0 Å². The first kappa shape index (κ1) is 20.2. The van der Waals surface area contributed by atoms with Crippen molar-refractivity contribution in [3.05, 3.63) is 53.8 Å². The van der Waals surface area contributed by atoms with Crippen LogP contribution in [0, 0.1) is 5.82 Å². The van der Waals surface area contributed by atoms with Crippen LogP contribution in [0.3, 0.4) is 0 Å². The van der Waals surface area contributed by atoms with Gasteiger partial charge in [0.05, 0.1) is 19.8 Å². The molecule has 0 aliphatic carbocycles. The van der Waals surface area contributed by atoms with Crippen LogP contribution >= 0.6 is 0 Å². The van der Waals surface area contributed by atoms with Crippen molar-refractivity contribution in [2.45, 2.75) is 13.8 Å². The second-order valence-corrected chi connectivity index (χ2v) is 5.75. The first-order valence-corrected chi connectivity index (χ1v) is 8.65. The van der Waals surface area contributed by atoms with Crippen molar-refractivity contribution in [2.75, 3.05) is 32.1 Å². The number of carbonyl (C=O) groups excluding carboxylic acids is 2. The summed E-state index contributed by atoms with van der Waals surface area (Å²) in [5.74, 6) is -0.180. The summed E-state index contributed by atoms with van der Waals surface area (Å²) in [5, 5.41) is 2.56. The molecule has 2 amide bonds.